The van der Waals surface area contributed by atoms with Crippen LogP contribution in [0.15, 0.2) is 48.5 Å². The van der Waals surface area contributed by atoms with Crippen LogP contribution in [0.1, 0.15) is 11.1 Å². The molecular weight excluding hydrogens is 224 g/mol. The van der Waals surface area contributed by atoms with Crippen molar-refractivity contribution >= 4 is 5.97 Å². The lowest BCUT2D eigenvalue weighted by molar-refractivity contribution is -0.139. The Bertz CT molecular complexity index is 559. The number of carbonyl (C=O) groups excluding carboxylic acids is 1. The van der Waals surface area contributed by atoms with Gasteiger partial charge in [-0.25, -0.2) is 0 Å². The highest BCUT2D eigenvalue weighted by Gasteiger charge is 2.05. The molecule has 0 aliphatic heterocycles. The lowest BCUT2D eigenvalue weighted by Crippen LogP contribution is -2.04. The summed E-state index contributed by atoms with van der Waals surface area (Å²) in [6.45, 7) is 2.09. The molecule has 2 nitrogen and oxygen atoms in total. The number of hydrogen-bond acceptors (Lipinski definition) is 2. The summed E-state index contributed by atoms with van der Waals surface area (Å²) in [5.41, 5.74) is 4.54. The van der Waals surface area contributed by atoms with E-state index in [1.54, 1.807) is 0 Å². The van der Waals surface area contributed by atoms with E-state index in [2.05, 4.69) is 29.9 Å². The first-order valence-electron chi connectivity index (χ1n) is 5.92. The van der Waals surface area contributed by atoms with Gasteiger partial charge in [0.2, 0.25) is 0 Å². The fraction of sp³-hybridized carbons (Fsp3) is 0.188. The topological polar surface area (TPSA) is 26.3 Å². The maximum atomic E-state index is 11.3. The van der Waals surface area contributed by atoms with Crippen LogP contribution in [0.2, 0.25) is 0 Å². The summed E-state index contributed by atoms with van der Waals surface area (Å²) in [7, 11) is 1.41. The Morgan fingerprint density at radius 2 is 1.89 bits per heavy atom. The molecule has 2 heteroatoms. The Labute approximate surface area is 107 Å². The number of rotatable bonds is 3. The van der Waals surface area contributed by atoms with Crippen molar-refractivity contribution in [1.82, 2.24) is 0 Å². The minimum absolute atomic E-state index is 0.211. The van der Waals surface area contributed by atoms with Gasteiger partial charge in [0.15, 0.2) is 0 Å². The Morgan fingerprint density at radius 3 is 2.61 bits per heavy atom. The van der Waals surface area contributed by atoms with Crippen molar-refractivity contribution in [2.24, 2.45) is 0 Å². The molecule has 18 heavy (non-hydrogen) atoms. The molecule has 0 fully saturated rings. The fourth-order valence-electron chi connectivity index (χ4n) is 1.98. The van der Waals surface area contributed by atoms with E-state index >= 15 is 0 Å². The predicted molar refractivity (Wildman–Crippen MR) is 72.3 cm³/mol. The van der Waals surface area contributed by atoms with E-state index in [1.165, 1.54) is 18.2 Å². The first kappa shape index (κ1) is 12.4. The second-order valence-electron chi connectivity index (χ2n) is 4.27. The molecule has 0 spiro atoms. The average Bonchev–Trinajstić information content (AvgIpc) is 2.39. The van der Waals surface area contributed by atoms with E-state index in [0.29, 0.717) is 6.42 Å². The number of methoxy groups -OCH3 is 1. The van der Waals surface area contributed by atoms with Gasteiger partial charge in [0.05, 0.1) is 13.5 Å². The Morgan fingerprint density at radius 1 is 1.11 bits per heavy atom. The molecule has 0 saturated heterocycles. The maximum absolute atomic E-state index is 11.3. The molecule has 0 amide bonds. The zero-order valence-corrected chi connectivity index (χ0v) is 10.6. The van der Waals surface area contributed by atoms with Crippen LogP contribution in [-0.2, 0) is 16.0 Å². The SMILES string of the molecule is COC(=O)Cc1cccc(-c2ccccc2C)c1. The van der Waals surface area contributed by atoms with Crippen LogP contribution in [0.5, 0.6) is 0 Å². The van der Waals surface area contributed by atoms with Crippen molar-refractivity contribution in [2.75, 3.05) is 7.11 Å². The summed E-state index contributed by atoms with van der Waals surface area (Å²) in [6, 6.07) is 16.2. The second-order valence-corrected chi connectivity index (χ2v) is 4.27. The number of ether oxygens (including phenoxy) is 1. The summed E-state index contributed by atoms with van der Waals surface area (Å²) in [4.78, 5) is 11.3. The summed E-state index contributed by atoms with van der Waals surface area (Å²) >= 11 is 0. The molecule has 92 valence electrons. The highest BCUT2D eigenvalue weighted by atomic mass is 16.5. The molecule has 2 aromatic rings. The van der Waals surface area contributed by atoms with Crippen molar-refractivity contribution in [2.45, 2.75) is 13.3 Å². The number of carbonyl (C=O) groups is 1. The molecule has 0 bridgehead atoms. The molecule has 0 saturated carbocycles. The highest BCUT2D eigenvalue weighted by molar-refractivity contribution is 5.74. The molecule has 2 aromatic carbocycles. The zero-order valence-electron chi connectivity index (χ0n) is 10.6. The van der Waals surface area contributed by atoms with Gasteiger partial charge in [-0.3, -0.25) is 4.79 Å². The third-order valence-corrected chi connectivity index (χ3v) is 2.96. The molecule has 0 aromatic heterocycles. The van der Waals surface area contributed by atoms with Crippen molar-refractivity contribution in [3.63, 3.8) is 0 Å². The van der Waals surface area contributed by atoms with Gasteiger partial charge in [-0.2, -0.15) is 0 Å². The van der Waals surface area contributed by atoms with Gasteiger partial charge in [-0.05, 0) is 29.2 Å². The molecule has 2 rings (SSSR count). The Hall–Kier alpha value is -2.09. The van der Waals surface area contributed by atoms with Crippen LogP contribution >= 0.6 is 0 Å². The normalized spacial score (nSPS) is 10.1. The molecule has 0 aliphatic carbocycles. The fourth-order valence-corrected chi connectivity index (χ4v) is 1.98. The van der Waals surface area contributed by atoms with Crippen molar-refractivity contribution in [3.8, 4) is 11.1 Å². The first-order valence-corrected chi connectivity index (χ1v) is 5.92. The van der Waals surface area contributed by atoms with Crippen molar-refractivity contribution in [3.05, 3.63) is 59.7 Å². The van der Waals surface area contributed by atoms with E-state index in [0.717, 1.165) is 11.1 Å². The third-order valence-electron chi connectivity index (χ3n) is 2.96. The second kappa shape index (κ2) is 5.50. The predicted octanol–water partition coefficient (Wildman–Crippen LogP) is 3.38. The molecular formula is C16H16O2. The van der Waals surface area contributed by atoms with Crippen LogP contribution in [0.3, 0.4) is 0 Å². The summed E-state index contributed by atoms with van der Waals surface area (Å²) in [5.74, 6) is -0.211. The standard InChI is InChI=1S/C16H16O2/c1-12-6-3-4-9-15(12)14-8-5-7-13(10-14)11-16(17)18-2/h3-10H,11H2,1-2H3. The maximum Gasteiger partial charge on any atom is 0.309 e. The van der Waals surface area contributed by atoms with Crippen LogP contribution in [-0.4, -0.2) is 13.1 Å². The van der Waals surface area contributed by atoms with E-state index in [4.69, 9.17) is 0 Å². The van der Waals surface area contributed by atoms with Crippen LogP contribution in [0.4, 0.5) is 0 Å². The highest BCUT2D eigenvalue weighted by Crippen LogP contribution is 2.24. The van der Waals surface area contributed by atoms with E-state index in [1.807, 2.05) is 30.3 Å². The van der Waals surface area contributed by atoms with E-state index < -0.39 is 0 Å². The van der Waals surface area contributed by atoms with Crippen molar-refractivity contribution in [1.29, 1.82) is 0 Å². The number of esters is 1. The van der Waals surface area contributed by atoms with Gasteiger partial charge in [0.1, 0.15) is 0 Å². The third kappa shape index (κ3) is 2.77. The minimum Gasteiger partial charge on any atom is -0.469 e. The monoisotopic (exact) mass is 240 g/mol. The number of benzene rings is 2. The number of hydrogen-bond donors (Lipinski definition) is 0. The van der Waals surface area contributed by atoms with Gasteiger partial charge in [-0.1, -0.05) is 48.5 Å². The van der Waals surface area contributed by atoms with Crippen LogP contribution in [0.25, 0.3) is 11.1 Å². The lowest BCUT2D eigenvalue weighted by Gasteiger charge is -2.07. The quantitative estimate of drug-likeness (QED) is 0.769. The molecule has 0 unspecified atom stereocenters. The molecule has 0 atom stereocenters. The summed E-state index contributed by atoms with van der Waals surface area (Å²) in [5, 5.41) is 0. The van der Waals surface area contributed by atoms with Gasteiger partial charge in [-0.15, -0.1) is 0 Å². The summed E-state index contributed by atoms with van der Waals surface area (Å²) < 4.78 is 4.68. The van der Waals surface area contributed by atoms with Crippen LogP contribution < -0.4 is 0 Å². The minimum atomic E-state index is -0.211. The zero-order chi connectivity index (χ0) is 13.0. The van der Waals surface area contributed by atoms with Crippen LogP contribution in [0, 0.1) is 6.92 Å². The lowest BCUT2D eigenvalue weighted by atomic mass is 9.98. The van der Waals surface area contributed by atoms with E-state index in [-0.39, 0.29) is 5.97 Å². The molecule has 0 N–H and O–H groups in total. The van der Waals surface area contributed by atoms with Gasteiger partial charge < -0.3 is 4.74 Å². The van der Waals surface area contributed by atoms with Gasteiger partial charge in [0, 0.05) is 0 Å². The average molecular weight is 240 g/mol. The first-order chi connectivity index (χ1) is 8.70. The summed E-state index contributed by atoms with van der Waals surface area (Å²) in [6.07, 6.45) is 0.316. The number of aryl methyl sites for hydroxylation is 1. The Kier molecular flexibility index (Phi) is 3.78. The van der Waals surface area contributed by atoms with Crippen molar-refractivity contribution < 1.29 is 9.53 Å². The largest absolute Gasteiger partial charge is 0.469 e. The van der Waals surface area contributed by atoms with Gasteiger partial charge >= 0.3 is 5.97 Å². The smallest absolute Gasteiger partial charge is 0.309 e. The molecule has 0 radical (unpaired) electrons. The molecule has 0 aliphatic rings. The molecule has 0 heterocycles. The Balaban J connectivity index is 2.33. The van der Waals surface area contributed by atoms with Gasteiger partial charge in [0.25, 0.3) is 0 Å². The van der Waals surface area contributed by atoms with E-state index in [9.17, 15) is 4.79 Å².